The maximum atomic E-state index is 13.3. The SMILES string of the molecule is Cc1nc(CCC(=O)O)n(C)c1-c1cccc(F)c1. The Morgan fingerprint density at radius 1 is 1.47 bits per heavy atom. The first-order chi connectivity index (χ1) is 8.99. The molecule has 1 heterocycles. The van der Waals surface area contributed by atoms with Crippen molar-refractivity contribution < 1.29 is 14.3 Å². The molecule has 0 saturated carbocycles. The van der Waals surface area contributed by atoms with Gasteiger partial charge in [-0.15, -0.1) is 0 Å². The van der Waals surface area contributed by atoms with Crippen molar-refractivity contribution in [2.45, 2.75) is 19.8 Å². The van der Waals surface area contributed by atoms with Gasteiger partial charge in [-0.25, -0.2) is 9.37 Å². The number of carbonyl (C=O) groups is 1. The second kappa shape index (κ2) is 5.22. The number of benzene rings is 1. The Morgan fingerprint density at radius 2 is 2.21 bits per heavy atom. The summed E-state index contributed by atoms with van der Waals surface area (Å²) in [6, 6.07) is 6.30. The van der Waals surface area contributed by atoms with Crippen molar-refractivity contribution in [1.82, 2.24) is 9.55 Å². The van der Waals surface area contributed by atoms with E-state index < -0.39 is 5.97 Å². The van der Waals surface area contributed by atoms with Crippen LogP contribution >= 0.6 is 0 Å². The molecule has 1 aromatic heterocycles. The summed E-state index contributed by atoms with van der Waals surface area (Å²) in [6.45, 7) is 1.84. The summed E-state index contributed by atoms with van der Waals surface area (Å²) in [5.74, 6) is -0.461. The third-order valence-electron chi connectivity index (χ3n) is 3.02. The molecule has 5 heteroatoms. The maximum Gasteiger partial charge on any atom is 0.303 e. The summed E-state index contributed by atoms with van der Waals surface area (Å²) in [5, 5.41) is 8.71. The van der Waals surface area contributed by atoms with E-state index in [2.05, 4.69) is 4.98 Å². The van der Waals surface area contributed by atoms with Gasteiger partial charge < -0.3 is 9.67 Å². The van der Waals surface area contributed by atoms with E-state index in [0.29, 0.717) is 12.2 Å². The normalized spacial score (nSPS) is 10.7. The Labute approximate surface area is 110 Å². The van der Waals surface area contributed by atoms with Crippen LogP contribution < -0.4 is 0 Å². The predicted octanol–water partition coefficient (Wildman–Crippen LogP) is 2.55. The molecular formula is C14H15FN2O2. The molecular weight excluding hydrogens is 247 g/mol. The van der Waals surface area contributed by atoms with Crippen molar-refractivity contribution in [3.63, 3.8) is 0 Å². The van der Waals surface area contributed by atoms with E-state index in [1.807, 2.05) is 24.6 Å². The highest BCUT2D eigenvalue weighted by Crippen LogP contribution is 2.25. The van der Waals surface area contributed by atoms with Gasteiger partial charge in [0.15, 0.2) is 0 Å². The molecule has 19 heavy (non-hydrogen) atoms. The molecule has 0 bridgehead atoms. The lowest BCUT2D eigenvalue weighted by atomic mass is 10.1. The van der Waals surface area contributed by atoms with Gasteiger partial charge in [0.25, 0.3) is 0 Å². The van der Waals surface area contributed by atoms with Crippen LogP contribution in [0.3, 0.4) is 0 Å². The molecule has 0 saturated heterocycles. The van der Waals surface area contributed by atoms with E-state index in [1.165, 1.54) is 12.1 Å². The van der Waals surface area contributed by atoms with E-state index in [-0.39, 0.29) is 12.2 Å². The third kappa shape index (κ3) is 2.81. The molecule has 0 aliphatic carbocycles. The minimum absolute atomic E-state index is 0.0346. The number of aromatic nitrogens is 2. The number of carboxylic acids is 1. The first kappa shape index (κ1) is 13.3. The standard InChI is InChI=1S/C14H15FN2O2/c1-9-14(10-4-3-5-11(15)8-10)17(2)12(16-9)6-7-13(18)19/h3-5,8H,6-7H2,1-2H3,(H,18,19). The molecule has 0 amide bonds. The van der Waals surface area contributed by atoms with E-state index in [0.717, 1.165) is 17.0 Å². The Kier molecular flexibility index (Phi) is 3.64. The van der Waals surface area contributed by atoms with Crippen molar-refractivity contribution in [3.05, 3.63) is 41.6 Å². The van der Waals surface area contributed by atoms with Crippen molar-refractivity contribution in [2.75, 3.05) is 0 Å². The first-order valence-electron chi connectivity index (χ1n) is 5.99. The Balaban J connectivity index is 2.39. The van der Waals surface area contributed by atoms with Crippen LogP contribution in [0.4, 0.5) is 4.39 Å². The molecule has 1 N–H and O–H groups in total. The van der Waals surface area contributed by atoms with Gasteiger partial charge >= 0.3 is 5.97 Å². The van der Waals surface area contributed by atoms with Gasteiger partial charge in [-0.2, -0.15) is 0 Å². The smallest absolute Gasteiger partial charge is 0.303 e. The largest absolute Gasteiger partial charge is 0.481 e. The van der Waals surface area contributed by atoms with Crippen LogP contribution in [0.25, 0.3) is 11.3 Å². The fourth-order valence-electron chi connectivity index (χ4n) is 2.17. The summed E-state index contributed by atoms with van der Waals surface area (Å²) in [6.07, 6.45) is 0.398. The van der Waals surface area contributed by atoms with Gasteiger partial charge in [-0.3, -0.25) is 4.79 Å². The van der Waals surface area contributed by atoms with Gasteiger partial charge in [0.1, 0.15) is 11.6 Å². The second-order valence-corrected chi connectivity index (χ2v) is 4.43. The third-order valence-corrected chi connectivity index (χ3v) is 3.02. The van der Waals surface area contributed by atoms with Crippen molar-refractivity contribution in [2.24, 2.45) is 7.05 Å². The average Bonchev–Trinajstić information content (AvgIpc) is 2.62. The Bertz CT molecular complexity index is 620. The van der Waals surface area contributed by atoms with Crippen molar-refractivity contribution >= 4 is 5.97 Å². The minimum Gasteiger partial charge on any atom is -0.481 e. The molecule has 0 radical (unpaired) electrons. The van der Waals surface area contributed by atoms with Crippen molar-refractivity contribution in [1.29, 1.82) is 0 Å². The van der Waals surface area contributed by atoms with Crippen LogP contribution in [0.5, 0.6) is 0 Å². The van der Waals surface area contributed by atoms with Crippen LogP contribution in [0.1, 0.15) is 17.9 Å². The Morgan fingerprint density at radius 3 is 2.84 bits per heavy atom. The summed E-state index contributed by atoms with van der Waals surface area (Å²) in [4.78, 5) is 15.0. The number of carboxylic acid groups (broad SMARTS) is 1. The molecule has 2 aromatic rings. The zero-order chi connectivity index (χ0) is 14.0. The lowest BCUT2D eigenvalue weighted by Gasteiger charge is -2.06. The zero-order valence-electron chi connectivity index (χ0n) is 10.9. The quantitative estimate of drug-likeness (QED) is 0.921. The molecule has 0 spiro atoms. The predicted molar refractivity (Wildman–Crippen MR) is 69.3 cm³/mol. The molecule has 1 aromatic carbocycles. The van der Waals surface area contributed by atoms with E-state index >= 15 is 0 Å². The topological polar surface area (TPSA) is 55.1 Å². The number of nitrogens with zero attached hydrogens (tertiary/aromatic N) is 2. The van der Waals surface area contributed by atoms with Gasteiger partial charge in [0, 0.05) is 19.0 Å². The number of rotatable bonds is 4. The number of hydrogen-bond donors (Lipinski definition) is 1. The highest BCUT2D eigenvalue weighted by atomic mass is 19.1. The van der Waals surface area contributed by atoms with Gasteiger partial charge in [-0.05, 0) is 19.1 Å². The van der Waals surface area contributed by atoms with Crippen LogP contribution in [0.2, 0.25) is 0 Å². The summed E-state index contributed by atoms with van der Waals surface area (Å²) >= 11 is 0. The summed E-state index contributed by atoms with van der Waals surface area (Å²) in [7, 11) is 1.82. The number of imidazole rings is 1. The van der Waals surface area contributed by atoms with Crippen LogP contribution in [-0.4, -0.2) is 20.6 Å². The van der Waals surface area contributed by atoms with Crippen LogP contribution in [0, 0.1) is 12.7 Å². The monoisotopic (exact) mass is 262 g/mol. The minimum atomic E-state index is -0.854. The molecule has 0 unspecified atom stereocenters. The van der Waals surface area contributed by atoms with Crippen molar-refractivity contribution in [3.8, 4) is 11.3 Å². The second-order valence-electron chi connectivity index (χ2n) is 4.43. The van der Waals surface area contributed by atoms with E-state index in [1.54, 1.807) is 6.07 Å². The highest BCUT2D eigenvalue weighted by Gasteiger charge is 2.14. The fourth-order valence-corrected chi connectivity index (χ4v) is 2.17. The van der Waals surface area contributed by atoms with Gasteiger partial charge in [0.2, 0.25) is 0 Å². The Hall–Kier alpha value is -2.17. The molecule has 100 valence electrons. The lowest BCUT2D eigenvalue weighted by Crippen LogP contribution is -2.04. The van der Waals surface area contributed by atoms with E-state index in [4.69, 9.17) is 5.11 Å². The molecule has 2 rings (SSSR count). The van der Waals surface area contributed by atoms with Gasteiger partial charge in [-0.1, -0.05) is 12.1 Å². The highest BCUT2D eigenvalue weighted by molar-refractivity contribution is 5.67. The maximum absolute atomic E-state index is 13.3. The van der Waals surface area contributed by atoms with Gasteiger partial charge in [0.05, 0.1) is 17.8 Å². The summed E-state index contributed by atoms with van der Waals surface area (Å²) in [5.41, 5.74) is 2.34. The first-order valence-corrected chi connectivity index (χ1v) is 5.99. The number of aliphatic carboxylic acids is 1. The molecule has 0 aliphatic rings. The van der Waals surface area contributed by atoms with E-state index in [9.17, 15) is 9.18 Å². The molecule has 0 atom stereocenters. The fraction of sp³-hybridized carbons (Fsp3) is 0.286. The lowest BCUT2D eigenvalue weighted by molar-refractivity contribution is -0.137. The number of hydrogen-bond acceptors (Lipinski definition) is 2. The molecule has 0 fully saturated rings. The van der Waals surface area contributed by atoms with Crippen LogP contribution in [-0.2, 0) is 18.3 Å². The zero-order valence-corrected chi connectivity index (χ0v) is 10.9. The molecule has 4 nitrogen and oxygen atoms in total. The average molecular weight is 262 g/mol. The molecule has 0 aliphatic heterocycles. The van der Waals surface area contributed by atoms with Crippen LogP contribution in [0.15, 0.2) is 24.3 Å². The number of halogens is 1. The number of aryl methyl sites for hydroxylation is 2. The summed E-state index contributed by atoms with van der Waals surface area (Å²) < 4.78 is 15.1.